The third-order valence-corrected chi connectivity index (χ3v) is 6.41. The van der Waals surface area contributed by atoms with Crippen LogP contribution < -0.4 is 10.0 Å². The fraction of sp³-hybridized carbons (Fsp3) is 0.167. The molecule has 1 aromatic heterocycles. The molecule has 0 saturated heterocycles. The molecule has 0 saturated carbocycles. The average molecular weight is 447 g/mol. The molecule has 156 valence electrons. The minimum atomic E-state index is -4.03. The number of aromatic nitrogens is 2. The van der Waals surface area contributed by atoms with Gasteiger partial charge in [0.25, 0.3) is 21.6 Å². The van der Waals surface area contributed by atoms with Gasteiger partial charge in [-0.3, -0.25) is 24.9 Å². The predicted octanol–water partition coefficient (Wildman–Crippen LogP) is 3.62. The Kier molecular flexibility index (Phi) is 6.08. The van der Waals surface area contributed by atoms with E-state index in [0.717, 1.165) is 11.1 Å². The number of benzene rings is 2. The zero-order chi connectivity index (χ0) is 21.9. The molecule has 2 N–H and O–H groups in total. The third kappa shape index (κ3) is 4.96. The molecule has 0 fully saturated rings. The summed E-state index contributed by atoms with van der Waals surface area (Å²) in [6.45, 7) is 3.94. The van der Waals surface area contributed by atoms with Gasteiger partial charge in [0.2, 0.25) is 5.13 Å². The maximum atomic E-state index is 12.5. The van der Waals surface area contributed by atoms with Gasteiger partial charge in [-0.15, -0.1) is 10.2 Å². The van der Waals surface area contributed by atoms with Crippen molar-refractivity contribution in [3.63, 3.8) is 0 Å². The minimum Gasteiger partial charge on any atom is -0.296 e. The van der Waals surface area contributed by atoms with Crippen LogP contribution in [0.25, 0.3) is 0 Å². The number of nitro benzene ring substituents is 1. The highest BCUT2D eigenvalue weighted by Crippen LogP contribution is 2.24. The zero-order valence-corrected chi connectivity index (χ0v) is 17.5. The molecule has 10 nitrogen and oxygen atoms in total. The van der Waals surface area contributed by atoms with Gasteiger partial charge in [-0.2, -0.15) is 0 Å². The number of hydrogen-bond donors (Lipinski definition) is 2. The monoisotopic (exact) mass is 447 g/mol. The first kappa shape index (κ1) is 21.3. The molecule has 0 atom stereocenters. The highest BCUT2D eigenvalue weighted by atomic mass is 32.2. The van der Waals surface area contributed by atoms with E-state index in [-0.39, 0.29) is 22.2 Å². The molecule has 0 aliphatic rings. The van der Waals surface area contributed by atoms with Gasteiger partial charge in [0.1, 0.15) is 5.01 Å². The van der Waals surface area contributed by atoms with Crippen LogP contribution >= 0.6 is 11.3 Å². The van der Waals surface area contributed by atoms with Crippen molar-refractivity contribution in [2.45, 2.75) is 24.7 Å². The Bertz CT molecular complexity index is 1190. The average Bonchev–Trinajstić information content (AvgIpc) is 3.17. The number of non-ortho nitro benzene ring substituents is 1. The van der Waals surface area contributed by atoms with Gasteiger partial charge in [-0.1, -0.05) is 31.3 Å². The largest absolute Gasteiger partial charge is 0.296 e. The second kappa shape index (κ2) is 8.55. The van der Waals surface area contributed by atoms with Gasteiger partial charge in [0.05, 0.1) is 9.82 Å². The number of carbonyl (C=O) groups is 1. The summed E-state index contributed by atoms with van der Waals surface area (Å²) in [6.07, 6.45) is 0. The van der Waals surface area contributed by atoms with Crippen molar-refractivity contribution < 1.29 is 18.1 Å². The van der Waals surface area contributed by atoms with E-state index in [9.17, 15) is 23.3 Å². The number of hydrogen-bond acceptors (Lipinski definition) is 8. The van der Waals surface area contributed by atoms with Gasteiger partial charge >= 0.3 is 0 Å². The topological polar surface area (TPSA) is 144 Å². The number of amides is 1. The molecule has 0 radical (unpaired) electrons. The lowest BCUT2D eigenvalue weighted by Gasteiger charge is -2.09. The molecule has 0 aliphatic heterocycles. The van der Waals surface area contributed by atoms with E-state index in [4.69, 9.17) is 0 Å². The smallest absolute Gasteiger partial charge is 0.270 e. The molecule has 0 aliphatic carbocycles. The number of rotatable bonds is 7. The van der Waals surface area contributed by atoms with Gasteiger partial charge < -0.3 is 0 Å². The molecule has 1 heterocycles. The van der Waals surface area contributed by atoms with Crippen LogP contribution in [0.15, 0.2) is 53.4 Å². The molecule has 3 rings (SSSR count). The van der Waals surface area contributed by atoms with E-state index in [0.29, 0.717) is 10.7 Å². The minimum absolute atomic E-state index is 0.200. The van der Waals surface area contributed by atoms with Gasteiger partial charge in [-0.05, 0) is 30.3 Å². The van der Waals surface area contributed by atoms with E-state index < -0.39 is 20.9 Å². The lowest BCUT2D eigenvalue weighted by Crippen LogP contribution is -2.14. The van der Waals surface area contributed by atoms with Crippen molar-refractivity contribution >= 4 is 43.8 Å². The Hall–Kier alpha value is -3.38. The molecule has 2 aromatic carbocycles. The Morgan fingerprint density at radius 2 is 1.83 bits per heavy atom. The Balaban J connectivity index is 1.71. The maximum Gasteiger partial charge on any atom is 0.270 e. The summed E-state index contributed by atoms with van der Waals surface area (Å²) in [5.41, 5.74) is 0.174. The summed E-state index contributed by atoms with van der Waals surface area (Å²) >= 11 is 1.28. The predicted molar refractivity (Wildman–Crippen MR) is 112 cm³/mol. The van der Waals surface area contributed by atoms with Crippen molar-refractivity contribution in [1.29, 1.82) is 0 Å². The number of nitro groups is 1. The molecule has 0 spiro atoms. The summed E-state index contributed by atoms with van der Waals surface area (Å²) in [5, 5.41) is 22.6. The fourth-order valence-corrected chi connectivity index (χ4v) is 4.19. The first-order chi connectivity index (χ1) is 14.2. The molecule has 30 heavy (non-hydrogen) atoms. The van der Waals surface area contributed by atoms with Crippen LogP contribution in [0.4, 0.5) is 16.5 Å². The Morgan fingerprint density at radius 1 is 1.13 bits per heavy atom. The number of nitrogens with one attached hydrogen (secondary N) is 2. The highest BCUT2D eigenvalue weighted by Gasteiger charge is 2.18. The van der Waals surface area contributed by atoms with Crippen LogP contribution in [0.3, 0.4) is 0 Å². The zero-order valence-electron chi connectivity index (χ0n) is 15.9. The van der Waals surface area contributed by atoms with Crippen LogP contribution in [0.5, 0.6) is 0 Å². The summed E-state index contributed by atoms with van der Waals surface area (Å²) in [7, 11) is -4.03. The number of carbonyl (C=O) groups excluding carboxylic acids is 1. The molecule has 12 heteroatoms. The summed E-state index contributed by atoms with van der Waals surface area (Å²) in [4.78, 5) is 22.3. The van der Waals surface area contributed by atoms with Gasteiger partial charge in [0.15, 0.2) is 0 Å². The summed E-state index contributed by atoms with van der Waals surface area (Å²) in [6, 6.07) is 10.5. The third-order valence-electron chi connectivity index (χ3n) is 3.89. The van der Waals surface area contributed by atoms with E-state index in [1.54, 1.807) is 0 Å². The number of nitrogens with zero attached hydrogens (tertiary/aromatic N) is 3. The maximum absolute atomic E-state index is 12.5. The van der Waals surface area contributed by atoms with Crippen LogP contribution in [0.1, 0.15) is 35.1 Å². The van der Waals surface area contributed by atoms with Crippen LogP contribution in [0.2, 0.25) is 0 Å². The fourth-order valence-electron chi connectivity index (χ4n) is 2.36. The van der Waals surface area contributed by atoms with E-state index in [1.807, 2.05) is 13.8 Å². The molecular formula is C18H17N5O5S2. The SMILES string of the molecule is CC(C)c1nnc(NC(=O)c2ccc(NS(=O)(=O)c3cccc([N+](=O)[O-])c3)cc2)s1. The van der Waals surface area contributed by atoms with E-state index in [2.05, 4.69) is 20.2 Å². The quantitative estimate of drug-likeness (QED) is 0.416. The van der Waals surface area contributed by atoms with Crippen LogP contribution in [-0.2, 0) is 10.0 Å². The van der Waals surface area contributed by atoms with Crippen molar-refractivity contribution in [2.75, 3.05) is 10.0 Å². The lowest BCUT2D eigenvalue weighted by atomic mass is 10.2. The van der Waals surface area contributed by atoms with E-state index in [1.165, 1.54) is 53.8 Å². The summed E-state index contributed by atoms with van der Waals surface area (Å²) < 4.78 is 27.3. The summed E-state index contributed by atoms with van der Waals surface area (Å²) in [5.74, 6) is -0.207. The van der Waals surface area contributed by atoms with Crippen molar-refractivity contribution in [3.05, 3.63) is 69.2 Å². The Labute approximate surface area is 176 Å². The Morgan fingerprint density at radius 3 is 2.43 bits per heavy atom. The normalized spacial score (nSPS) is 11.3. The van der Waals surface area contributed by atoms with Gasteiger partial charge in [-0.25, -0.2) is 8.42 Å². The van der Waals surface area contributed by atoms with Gasteiger partial charge in [0, 0.05) is 29.3 Å². The van der Waals surface area contributed by atoms with Crippen molar-refractivity contribution in [1.82, 2.24) is 10.2 Å². The molecule has 1 amide bonds. The van der Waals surface area contributed by atoms with Crippen molar-refractivity contribution in [2.24, 2.45) is 0 Å². The number of anilines is 2. The number of sulfonamides is 1. The van der Waals surface area contributed by atoms with E-state index >= 15 is 0 Å². The lowest BCUT2D eigenvalue weighted by molar-refractivity contribution is -0.385. The van der Waals surface area contributed by atoms with Crippen LogP contribution in [0, 0.1) is 10.1 Å². The van der Waals surface area contributed by atoms with Crippen LogP contribution in [-0.4, -0.2) is 29.4 Å². The molecule has 3 aromatic rings. The second-order valence-electron chi connectivity index (χ2n) is 6.49. The van der Waals surface area contributed by atoms with Crippen molar-refractivity contribution in [3.8, 4) is 0 Å². The first-order valence-corrected chi connectivity index (χ1v) is 11.0. The molecular weight excluding hydrogens is 430 g/mol. The second-order valence-corrected chi connectivity index (χ2v) is 9.18. The highest BCUT2D eigenvalue weighted by molar-refractivity contribution is 7.92. The molecule has 0 unspecified atom stereocenters. The standard InChI is InChI=1S/C18H17N5O5S2/c1-11(2)17-20-21-18(29-17)19-16(24)12-6-8-13(9-7-12)22-30(27,28)15-5-3-4-14(10-15)23(25)26/h3-11,22H,1-2H3,(H,19,21,24). The first-order valence-electron chi connectivity index (χ1n) is 8.68. The molecule has 0 bridgehead atoms.